The highest BCUT2D eigenvalue weighted by Crippen LogP contribution is 2.24. The van der Waals surface area contributed by atoms with Gasteiger partial charge in [-0.15, -0.1) is 0 Å². The number of hydrogen-bond donors (Lipinski definition) is 1. The third-order valence-corrected chi connectivity index (χ3v) is 5.08. The maximum atomic E-state index is 12.5. The molecule has 3 aromatic rings. The summed E-state index contributed by atoms with van der Waals surface area (Å²) in [4.78, 5) is 0.224. The van der Waals surface area contributed by atoms with Crippen molar-refractivity contribution in [2.75, 3.05) is 4.72 Å². The van der Waals surface area contributed by atoms with Gasteiger partial charge in [-0.3, -0.25) is 4.72 Å². The summed E-state index contributed by atoms with van der Waals surface area (Å²) >= 11 is 5.92. The maximum Gasteiger partial charge on any atom is 0.263 e. The van der Waals surface area contributed by atoms with Crippen LogP contribution in [0, 0.1) is 6.92 Å². The lowest BCUT2D eigenvalue weighted by molar-refractivity contribution is 0.601. The Hall–Kier alpha value is -2.24. The molecule has 2 aromatic carbocycles. The normalized spacial score (nSPS) is 11.4. The smallest absolute Gasteiger partial charge is 0.263 e. The molecule has 6 heteroatoms. The van der Waals surface area contributed by atoms with E-state index in [0.717, 1.165) is 11.4 Å². The van der Waals surface area contributed by atoms with Crippen molar-refractivity contribution in [3.8, 4) is 5.69 Å². The molecule has 0 fully saturated rings. The number of benzene rings is 2. The van der Waals surface area contributed by atoms with Gasteiger partial charge in [-0.25, -0.2) is 8.42 Å². The summed E-state index contributed by atoms with van der Waals surface area (Å²) < 4.78 is 29.5. The van der Waals surface area contributed by atoms with Crippen LogP contribution in [0.1, 0.15) is 5.69 Å². The quantitative estimate of drug-likeness (QED) is 0.768. The van der Waals surface area contributed by atoms with Gasteiger partial charge in [0.1, 0.15) is 5.82 Å². The Kier molecular flexibility index (Phi) is 4.15. The van der Waals surface area contributed by atoms with Crippen molar-refractivity contribution in [2.45, 2.75) is 11.8 Å². The van der Waals surface area contributed by atoms with Crippen LogP contribution < -0.4 is 4.72 Å². The number of aromatic nitrogens is 1. The Morgan fingerprint density at radius 1 is 0.913 bits per heavy atom. The Labute approximate surface area is 140 Å². The van der Waals surface area contributed by atoms with Crippen LogP contribution in [0.5, 0.6) is 0 Å². The summed E-state index contributed by atoms with van der Waals surface area (Å²) in [5, 5.41) is 0.630. The highest BCUT2D eigenvalue weighted by molar-refractivity contribution is 7.92. The van der Waals surface area contributed by atoms with Gasteiger partial charge in [-0.2, -0.15) is 0 Å². The average Bonchev–Trinajstić information content (AvgIpc) is 2.89. The number of nitrogens with zero attached hydrogens (tertiary/aromatic N) is 1. The molecule has 4 nitrogen and oxygen atoms in total. The molecule has 0 saturated carbocycles. The van der Waals surface area contributed by atoms with Crippen molar-refractivity contribution in [1.82, 2.24) is 4.57 Å². The minimum Gasteiger partial charge on any atom is -0.300 e. The molecular formula is C17H15ClN2O2S. The van der Waals surface area contributed by atoms with E-state index >= 15 is 0 Å². The molecule has 1 N–H and O–H groups in total. The van der Waals surface area contributed by atoms with Crippen LogP contribution in [0.4, 0.5) is 5.82 Å². The van der Waals surface area contributed by atoms with Crippen LogP contribution in [0.3, 0.4) is 0 Å². The van der Waals surface area contributed by atoms with Crippen LogP contribution in [0.15, 0.2) is 71.6 Å². The summed E-state index contributed by atoms with van der Waals surface area (Å²) in [6.07, 6.45) is 0. The molecule has 118 valence electrons. The molecule has 0 aliphatic carbocycles. The van der Waals surface area contributed by atoms with Crippen molar-refractivity contribution in [3.05, 3.63) is 77.4 Å². The zero-order chi connectivity index (χ0) is 16.4. The second-order valence-corrected chi connectivity index (χ2v) is 7.21. The number of aryl methyl sites for hydroxylation is 1. The lowest BCUT2D eigenvalue weighted by atomic mass is 10.3. The molecule has 0 unspecified atom stereocenters. The summed E-state index contributed by atoms with van der Waals surface area (Å²) in [5.41, 5.74) is 1.75. The lowest BCUT2D eigenvalue weighted by Gasteiger charge is -2.14. The van der Waals surface area contributed by atoms with Crippen LogP contribution in [-0.4, -0.2) is 13.0 Å². The number of sulfonamides is 1. The number of rotatable bonds is 4. The molecule has 0 bridgehead atoms. The molecule has 23 heavy (non-hydrogen) atoms. The van der Waals surface area contributed by atoms with Crippen molar-refractivity contribution in [3.63, 3.8) is 0 Å². The zero-order valence-electron chi connectivity index (χ0n) is 12.4. The van der Waals surface area contributed by atoms with Gasteiger partial charge in [0.15, 0.2) is 0 Å². The van der Waals surface area contributed by atoms with Crippen LogP contribution in [0.2, 0.25) is 5.02 Å². The predicted octanol–water partition coefficient (Wildman–Crippen LogP) is 4.24. The highest BCUT2D eigenvalue weighted by atomic mass is 35.5. The second kappa shape index (κ2) is 6.10. The Morgan fingerprint density at radius 2 is 1.57 bits per heavy atom. The first-order chi connectivity index (χ1) is 11.0. The lowest BCUT2D eigenvalue weighted by Crippen LogP contribution is -2.15. The first kappa shape index (κ1) is 15.6. The van der Waals surface area contributed by atoms with E-state index < -0.39 is 10.0 Å². The van der Waals surface area contributed by atoms with E-state index in [1.807, 2.05) is 29.7 Å². The number of hydrogen-bond acceptors (Lipinski definition) is 2. The molecule has 0 radical (unpaired) electrons. The maximum absolute atomic E-state index is 12.5. The summed E-state index contributed by atoms with van der Waals surface area (Å²) in [7, 11) is -3.64. The number of nitrogens with one attached hydrogen (secondary N) is 1. The zero-order valence-corrected chi connectivity index (χ0v) is 14.0. The third-order valence-electron chi connectivity index (χ3n) is 3.45. The molecular weight excluding hydrogens is 332 g/mol. The van der Waals surface area contributed by atoms with E-state index in [4.69, 9.17) is 11.6 Å². The topological polar surface area (TPSA) is 51.1 Å². The van der Waals surface area contributed by atoms with E-state index in [-0.39, 0.29) is 4.90 Å². The van der Waals surface area contributed by atoms with Crippen LogP contribution in [0.25, 0.3) is 5.69 Å². The van der Waals surface area contributed by atoms with Crippen LogP contribution in [-0.2, 0) is 10.0 Å². The molecule has 1 heterocycles. The molecule has 0 aliphatic heterocycles. The average molecular weight is 347 g/mol. The van der Waals surface area contributed by atoms with E-state index in [2.05, 4.69) is 4.72 Å². The van der Waals surface area contributed by atoms with Gasteiger partial charge in [-0.1, -0.05) is 29.8 Å². The van der Waals surface area contributed by atoms with E-state index in [0.29, 0.717) is 10.8 Å². The molecule has 0 spiro atoms. The van der Waals surface area contributed by atoms with Gasteiger partial charge >= 0.3 is 0 Å². The Morgan fingerprint density at radius 3 is 2.22 bits per heavy atom. The fourth-order valence-electron chi connectivity index (χ4n) is 2.35. The highest BCUT2D eigenvalue weighted by Gasteiger charge is 2.17. The van der Waals surface area contributed by atoms with E-state index in [1.54, 1.807) is 48.5 Å². The Bertz CT molecular complexity index is 917. The van der Waals surface area contributed by atoms with E-state index in [9.17, 15) is 8.42 Å². The third kappa shape index (κ3) is 3.25. The summed E-state index contributed by atoms with van der Waals surface area (Å²) in [6, 6.07) is 19.1. The molecule has 0 amide bonds. The van der Waals surface area contributed by atoms with Gasteiger partial charge in [-0.05, 0) is 55.5 Å². The van der Waals surface area contributed by atoms with Gasteiger partial charge in [0, 0.05) is 16.4 Å². The van der Waals surface area contributed by atoms with Crippen LogP contribution >= 0.6 is 11.6 Å². The van der Waals surface area contributed by atoms with Crippen molar-refractivity contribution >= 4 is 27.4 Å². The fraction of sp³-hybridized carbons (Fsp3) is 0.0588. The fourth-order valence-corrected chi connectivity index (χ4v) is 3.54. The number of anilines is 1. The van der Waals surface area contributed by atoms with Crippen molar-refractivity contribution < 1.29 is 8.42 Å². The largest absolute Gasteiger partial charge is 0.300 e. The van der Waals surface area contributed by atoms with Gasteiger partial charge in [0.25, 0.3) is 10.0 Å². The molecule has 0 aliphatic rings. The Balaban J connectivity index is 2.01. The summed E-state index contributed by atoms with van der Waals surface area (Å²) in [6.45, 7) is 1.91. The molecule has 0 saturated heterocycles. The molecule has 1 aromatic heterocycles. The first-order valence-corrected chi connectivity index (χ1v) is 8.86. The minimum absolute atomic E-state index is 0.224. The monoisotopic (exact) mass is 346 g/mol. The van der Waals surface area contributed by atoms with Gasteiger partial charge < -0.3 is 4.57 Å². The minimum atomic E-state index is -3.64. The molecule has 3 rings (SSSR count). The number of halogens is 1. The predicted molar refractivity (Wildman–Crippen MR) is 92.8 cm³/mol. The van der Waals surface area contributed by atoms with Gasteiger partial charge in [0.2, 0.25) is 0 Å². The standard InChI is InChI=1S/C17H15ClN2O2S/c1-13-7-12-17(20(13)15-10-8-14(18)9-11-15)19-23(21,22)16-5-3-2-4-6-16/h2-12,19H,1H3. The second-order valence-electron chi connectivity index (χ2n) is 5.09. The van der Waals surface area contributed by atoms with Crippen molar-refractivity contribution in [2.24, 2.45) is 0 Å². The SMILES string of the molecule is Cc1ccc(NS(=O)(=O)c2ccccc2)n1-c1ccc(Cl)cc1. The first-order valence-electron chi connectivity index (χ1n) is 6.99. The van der Waals surface area contributed by atoms with E-state index in [1.165, 1.54) is 0 Å². The summed E-state index contributed by atoms with van der Waals surface area (Å²) in [5.74, 6) is 0.480. The molecule has 0 atom stereocenters. The van der Waals surface area contributed by atoms with Gasteiger partial charge in [0.05, 0.1) is 4.90 Å². The van der Waals surface area contributed by atoms with Crippen molar-refractivity contribution in [1.29, 1.82) is 0 Å².